The molecule has 1 aliphatic rings. The van der Waals surface area contributed by atoms with E-state index in [1.807, 2.05) is 0 Å². The summed E-state index contributed by atoms with van der Waals surface area (Å²) in [4.78, 5) is 9.04. The minimum absolute atomic E-state index is 0.0395. The molecule has 1 unspecified atom stereocenters. The Kier molecular flexibility index (Phi) is 8.25. The van der Waals surface area contributed by atoms with Crippen molar-refractivity contribution in [3.8, 4) is 22.4 Å². The molecule has 3 atom stereocenters. The Bertz CT molecular complexity index is 1500. The lowest BCUT2D eigenvalue weighted by Crippen LogP contribution is -2.21. The smallest absolute Gasteiger partial charge is 0.522 e. The molecule has 1 fully saturated rings. The topological polar surface area (TPSA) is 70.1 Å². The molecule has 214 valence electrons. The van der Waals surface area contributed by atoms with E-state index in [1.54, 1.807) is 54.6 Å². The molecule has 3 aromatic carbocycles. The van der Waals surface area contributed by atoms with Crippen LogP contribution in [0.15, 0.2) is 90.0 Å². The average molecular weight is 592 g/mol. The fourth-order valence-electron chi connectivity index (χ4n) is 4.97. The Morgan fingerprint density at radius 3 is 2.32 bits per heavy atom. The van der Waals surface area contributed by atoms with Crippen LogP contribution in [0.25, 0.3) is 22.4 Å². The number of aromatic nitrogens is 2. The first-order valence-electron chi connectivity index (χ1n) is 12.6. The second kappa shape index (κ2) is 11.7. The number of anilines is 1. The summed E-state index contributed by atoms with van der Waals surface area (Å²) in [6.45, 7) is 0. The van der Waals surface area contributed by atoms with Crippen LogP contribution in [0.1, 0.15) is 36.3 Å². The molecule has 0 aliphatic heterocycles. The number of nitrogens with one attached hydrogen (secondary N) is 1. The van der Waals surface area contributed by atoms with E-state index in [0.717, 1.165) is 11.6 Å². The zero-order chi connectivity index (χ0) is 29.2. The summed E-state index contributed by atoms with van der Waals surface area (Å²) in [5, 5.41) is 0. The summed E-state index contributed by atoms with van der Waals surface area (Å²) in [5.74, 6) is -0.356. The van der Waals surface area contributed by atoms with Crippen LogP contribution in [-0.2, 0) is 22.3 Å². The van der Waals surface area contributed by atoms with E-state index in [4.69, 9.17) is 0 Å². The third kappa shape index (κ3) is 7.00. The number of hydrogen-bond acceptors (Lipinski definition) is 5. The van der Waals surface area contributed by atoms with Gasteiger partial charge in [0.2, 0.25) is 0 Å². The monoisotopic (exact) mass is 591 g/mol. The van der Waals surface area contributed by atoms with Gasteiger partial charge in [0.15, 0.2) is 4.90 Å². The van der Waals surface area contributed by atoms with Crippen LogP contribution < -0.4 is 4.72 Å². The van der Waals surface area contributed by atoms with Gasteiger partial charge in [-0.2, -0.15) is 17.9 Å². The van der Waals surface area contributed by atoms with Crippen molar-refractivity contribution in [2.75, 3.05) is 4.72 Å². The second-order valence-corrected chi connectivity index (χ2v) is 10.7. The highest BCUT2D eigenvalue weighted by molar-refractivity contribution is 7.92. The highest BCUT2D eigenvalue weighted by Gasteiger charge is 2.38. The quantitative estimate of drug-likeness (QED) is 0.174. The Hall–Kier alpha value is -3.61. The van der Waals surface area contributed by atoms with E-state index >= 15 is 0 Å². The van der Waals surface area contributed by atoms with Gasteiger partial charge in [-0.3, -0.25) is 4.74 Å². The Balaban J connectivity index is 1.53. The molecule has 0 spiro atoms. The fourth-order valence-corrected chi connectivity index (χ4v) is 5.76. The van der Waals surface area contributed by atoms with Crippen molar-refractivity contribution in [2.24, 2.45) is 0 Å². The molecule has 5 nitrogen and oxygen atoms in total. The number of halogens is 6. The average Bonchev–Trinajstić information content (AvgIpc) is 3.40. The molecular formula is C29H23F6N3O2S. The minimum Gasteiger partial charge on any atom is -0.588 e. The summed E-state index contributed by atoms with van der Waals surface area (Å²) in [7, 11) is 0. The van der Waals surface area contributed by atoms with Gasteiger partial charge in [-0.1, -0.05) is 60.7 Å². The van der Waals surface area contributed by atoms with Gasteiger partial charge in [-0.05, 0) is 54.5 Å². The molecule has 41 heavy (non-hydrogen) atoms. The summed E-state index contributed by atoms with van der Waals surface area (Å²) >= 11 is -1.78. The first-order valence-corrected chi connectivity index (χ1v) is 13.7. The first kappa shape index (κ1) is 28.9. The minimum atomic E-state index is -4.72. The number of rotatable bonds is 7. The van der Waals surface area contributed by atoms with Crippen LogP contribution in [0.2, 0.25) is 0 Å². The van der Waals surface area contributed by atoms with Crippen LogP contribution in [0.4, 0.5) is 32.3 Å². The van der Waals surface area contributed by atoms with Crippen molar-refractivity contribution in [3.05, 3.63) is 96.2 Å². The van der Waals surface area contributed by atoms with Crippen molar-refractivity contribution < 1.29 is 35.6 Å². The van der Waals surface area contributed by atoms with Gasteiger partial charge >= 0.3 is 12.5 Å². The molecule has 1 saturated carbocycles. The van der Waals surface area contributed by atoms with Crippen LogP contribution in [0.3, 0.4) is 0 Å². The highest BCUT2D eigenvalue weighted by Crippen LogP contribution is 2.42. The zero-order valence-electron chi connectivity index (χ0n) is 21.2. The molecule has 12 heteroatoms. The van der Waals surface area contributed by atoms with Crippen molar-refractivity contribution in [3.63, 3.8) is 0 Å². The zero-order valence-corrected chi connectivity index (χ0v) is 22.1. The summed E-state index contributed by atoms with van der Waals surface area (Å²) < 4.78 is 99.9. The van der Waals surface area contributed by atoms with E-state index in [1.165, 1.54) is 24.4 Å². The molecule has 4 aromatic rings. The van der Waals surface area contributed by atoms with Gasteiger partial charge in [-0.25, -0.2) is 9.97 Å². The number of benzene rings is 3. The molecular weight excluding hydrogens is 568 g/mol. The maximum Gasteiger partial charge on any atom is 0.522 e. The molecule has 0 bridgehead atoms. The first-order chi connectivity index (χ1) is 19.5. The van der Waals surface area contributed by atoms with Crippen molar-refractivity contribution in [1.29, 1.82) is 0 Å². The van der Waals surface area contributed by atoms with Gasteiger partial charge in [0.25, 0.3) is 5.95 Å². The molecule has 0 saturated heterocycles. The lowest BCUT2D eigenvalue weighted by molar-refractivity contribution is -0.341. The van der Waals surface area contributed by atoms with Gasteiger partial charge in [-0.15, -0.1) is 13.2 Å². The number of nitrogens with zero attached hydrogens (tertiary/aromatic N) is 2. The lowest BCUT2D eigenvalue weighted by atomic mass is 9.92. The van der Waals surface area contributed by atoms with Gasteiger partial charge < -0.3 is 4.55 Å². The SMILES string of the molecule is [O-][S+](Nc1ncc(-c2cccc([C@H]3CC[C@H](OC(F)(F)F)C3)c2)c(-c2ccccc2C(F)(F)F)n1)c1ccccc1. The molecule has 1 aliphatic carbocycles. The maximum atomic E-state index is 14.0. The molecule has 5 rings (SSSR count). The molecule has 1 N–H and O–H groups in total. The summed E-state index contributed by atoms with van der Waals surface area (Å²) in [5.41, 5.74) is 0.358. The molecule has 1 aromatic heterocycles. The van der Waals surface area contributed by atoms with Crippen LogP contribution >= 0.6 is 0 Å². The van der Waals surface area contributed by atoms with E-state index in [0.29, 0.717) is 16.9 Å². The summed E-state index contributed by atoms with van der Waals surface area (Å²) in [6.07, 6.45) is -8.14. The largest absolute Gasteiger partial charge is 0.588 e. The van der Waals surface area contributed by atoms with E-state index < -0.39 is 35.6 Å². The third-order valence-electron chi connectivity index (χ3n) is 6.77. The van der Waals surface area contributed by atoms with E-state index in [2.05, 4.69) is 19.4 Å². The highest BCUT2D eigenvalue weighted by atomic mass is 32.2. The normalized spacial score (nSPS) is 18.3. The fraction of sp³-hybridized carbons (Fsp3) is 0.241. The van der Waals surface area contributed by atoms with E-state index in [-0.39, 0.29) is 41.5 Å². The molecule has 1 heterocycles. The molecule has 0 amide bonds. The van der Waals surface area contributed by atoms with Gasteiger partial charge in [0.1, 0.15) is 11.4 Å². The predicted octanol–water partition coefficient (Wildman–Crippen LogP) is 8.14. The Morgan fingerprint density at radius 1 is 0.854 bits per heavy atom. The van der Waals surface area contributed by atoms with Crippen LogP contribution in [-0.4, -0.2) is 27.0 Å². The Morgan fingerprint density at radius 2 is 1.59 bits per heavy atom. The Labute approximate surface area is 234 Å². The van der Waals surface area contributed by atoms with Gasteiger partial charge in [0, 0.05) is 17.3 Å². The van der Waals surface area contributed by atoms with Crippen LogP contribution in [0.5, 0.6) is 0 Å². The van der Waals surface area contributed by atoms with Crippen molar-refractivity contribution in [1.82, 2.24) is 9.97 Å². The van der Waals surface area contributed by atoms with Crippen molar-refractivity contribution >= 4 is 17.3 Å². The number of ether oxygens (including phenoxy) is 1. The summed E-state index contributed by atoms with van der Waals surface area (Å²) in [6, 6.07) is 20.2. The predicted molar refractivity (Wildman–Crippen MR) is 142 cm³/mol. The number of hydrogen-bond donors (Lipinski definition) is 1. The van der Waals surface area contributed by atoms with E-state index in [9.17, 15) is 30.9 Å². The van der Waals surface area contributed by atoms with Crippen molar-refractivity contribution in [2.45, 2.75) is 48.7 Å². The lowest BCUT2D eigenvalue weighted by Gasteiger charge is -2.18. The standard InChI is InChI=1S/C29H23F6N3O2S/c30-28(31,32)25-12-5-4-11-23(25)26-24(17-36-27(37-26)38-41(39)22-9-2-1-3-10-22)20-8-6-7-18(15-20)19-13-14-21(16-19)40-29(33,34)35/h1-12,15,17,19,21H,13-14,16H2,(H,36,37,38)/t19-,21-,41?/m0/s1. The third-order valence-corrected chi connectivity index (χ3v) is 7.84. The van der Waals surface area contributed by atoms with Gasteiger partial charge in [0.05, 0.1) is 17.4 Å². The maximum absolute atomic E-state index is 14.0. The molecule has 0 radical (unpaired) electrons. The van der Waals surface area contributed by atoms with Crippen LogP contribution in [0, 0.1) is 0 Å². The second-order valence-electron chi connectivity index (χ2n) is 9.50. The number of alkyl halides is 6.